The molecule has 8 heteroatoms. The smallest absolute Gasteiger partial charge is 0.381 e. The number of hydrogen-bond acceptors (Lipinski definition) is 4. The highest BCUT2D eigenvalue weighted by Crippen LogP contribution is 2.35. The lowest BCUT2D eigenvalue weighted by Crippen LogP contribution is -2.03. The Morgan fingerprint density at radius 1 is 1.22 bits per heavy atom. The van der Waals surface area contributed by atoms with Crippen LogP contribution in [0.2, 0.25) is 0 Å². The van der Waals surface area contributed by atoms with E-state index in [0.29, 0.717) is 11.3 Å². The average Bonchev–Trinajstić information content (AvgIpc) is 2.78. The Balaban J connectivity index is 2.26. The van der Waals surface area contributed by atoms with Gasteiger partial charge in [-0.25, -0.2) is 4.98 Å². The summed E-state index contributed by atoms with van der Waals surface area (Å²) >= 11 is 3.59. The number of aromatic nitrogens is 2. The van der Waals surface area contributed by atoms with Crippen LogP contribution >= 0.6 is 27.3 Å². The van der Waals surface area contributed by atoms with Gasteiger partial charge in [-0.1, -0.05) is 0 Å². The van der Waals surface area contributed by atoms with Crippen molar-refractivity contribution in [3.05, 3.63) is 44.6 Å². The monoisotopic (exact) mass is 338 g/mol. The molecule has 2 aromatic heterocycles. The molecule has 96 valence electrons. The predicted molar refractivity (Wildman–Crippen MR) is 63.1 cm³/mol. The third-order valence-electron chi connectivity index (χ3n) is 2.07. The number of alkyl halides is 3. The molecule has 0 aromatic carbocycles. The number of nitrogens with zero attached hydrogens (tertiary/aromatic N) is 2. The maximum atomic E-state index is 12.4. The SMILES string of the molecule is OC(c1ccc(Br)cn1)c1cnc(C(F)(F)F)s1. The summed E-state index contributed by atoms with van der Waals surface area (Å²) in [6.45, 7) is 0. The molecule has 2 aromatic rings. The molecule has 0 aliphatic heterocycles. The second-order valence-electron chi connectivity index (χ2n) is 3.37. The van der Waals surface area contributed by atoms with Crippen molar-refractivity contribution < 1.29 is 18.3 Å². The van der Waals surface area contributed by atoms with E-state index in [1.54, 1.807) is 6.07 Å². The number of pyridine rings is 1. The van der Waals surface area contributed by atoms with Gasteiger partial charge in [0.15, 0.2) is 5.01 Å². The molecule has 1 N–H and O–H groups in total. The van der Waals surface area contributed by atoms with Crippen LogP contribution < -0.4 is 0 Å². The molecule has 0 saturated heterocycles. The molecule has 1 atom stereocenters. The van der Waals surface area contributed by atoms with Crippen molar-refractivity contribution in [3.63, 3.8) is 0 Å². The second-order valence-corrected chi connectivity index (χ2v) is 5.35. The quantitative estimate of drug-likeness (QED) is 0.912. The van der Waals surface area contributed by atoms with E-state index in [1.165, 1.54) is 12.3 Å². The summed E-state index contributed by atoms with van der Waals surface area (Å²) in [5, 5.41) is 8.91. The van der Waals surface area contributed by atoms with Crippen molar-refractivity contribution in [2.45, 2.75) is 12.3 Å². The molecule has 0 bridgehead atoms. The standard InChI is InChI=1S/C10H6BrF3N2OS/c11-5-1-2-6(15-3-5)8(17)7-4-16-9(18-7)10(12,13)14/h1-4,8,17H. The van der Waals surface area contributed by atoms with Gasteiger partial charge in [-0.05, 0) is 28.1 Å². The van der Waals surface area contributed by atoms with Crippen LogP contribution in [-0.4, -0.2) is 15.1 Å². The molecule has 1 unspecified atom stereocenters. The number of hydrogen-bond donors (Lipinski definition) is 1. The van der Waals surface area contributed by atoms with Crippen LogP contribution in [0.4, 0.5) is 13.2 Å². The molecule has 18 heavy (non-hydrogen) atoms. The van der Waals surface area contributed by atoms with Gasteiger partial charge in [0.25, 0.3) is 0 Å². The molecule has 0 saturated carbocycles. The second kappa shape index (κ2) is 4.94. The van der Waals surface area contributed by atoms with Crippen LogP contribution in [0.5, 0.6) is 0 Å². The van der Waals surface area contributed by atoms with Crippen LogP contribution in [0, 0.1) is 0 Å². The normalized spacial score (nSPS) is 13.6. The van der Waals surface area contributed by atoms with Gasteiger partial charge in [0.1, 0.15) is 6.10 Å². The van der Waals surface area contributed by atoms with Gasteiger partial charge in [-0.15, -0.1) is 11.3 Å². The van der Waals surface area contributed by atoms with Crippen molar-refractivity contribution in [3.8, 4) is 0 Å². The fourth-order valence-corrected chi connectivity index (χ4v) is 2.26. The molecule has 3 nitrogen and oxygen atoms in total. The van der Waals surface area contributed by atoms with Crippen LogP contribution in [-0.2, 0) is 6.18 Å². The largest absolute Gasteiger partial charge is 0.443 e. The predicted octanol–water partition coefficient (Wildman–Crippen LogP) is 3.40. The van der Waals surface area contributed by atoms with Gasteiger partial charge < -0.3 is 5.11 Å². The first-order valence-electron chi connectivity index (χ1n) is 4.70. The molecular formula is C10H6BrF3N2OS. The highest BCUT2D eigenvalue weighted by molar-refractivity contribution is 9.10. The van der Waals surface area contributed by atoms with Gasteiger partial charge in [0, 0.05) is 16.9 Å². The maximum absolute atomic E-state index is 12.4. The van der Waals surface area contributed by atoms with Crippen molar-refractivity contribution >= 4 is 27.3 Å². The summed E-state index contributed by atoms with van der Waals surface area (Å²) in [4.78, 5) is 7.28. The maximum Gasteiger partial charge on any atom is 0.443 e. The van der Waals surface area contributed by atoms with Gasteiger partial charge in [-0.2, -0.15) is 13.2 Å². The van der Waals surface area contributed by atoms with E-state index in [4.69, 9.17) is 0 Å². The molecular weight excluding hydrogens is 333 g/mol. The van der Waals surface area contributed by atoms with Crippen molar-refractivity contribution in [1.29, 1.82) is 0 Å². The van der Waals surface area contributed by atoms with E-state index in [1.807, 2.05) is 0 Å². The lowest BCUT2D eigenvalue weighted by molar-refractivity contribution is -0.137. The number of aliphatic hydroxyl groups is 1. The van der Waals surface area contributed by atoms with E-state index in [9.17, 15) is 18.3 Å². The Morgan fingerprint density at radius 2 is 1.94 bits per heavy atom. The molecule has 2 heterocycles. The fourth-order valence-electron chi connectivity index (χ4n) is 1.24. The van der Waals surface area contributed by atoms with Gasteiger partial charge in [-0.3, -0.25) is 4.98 Å². The number of aliphatic hydroxyl groups excluding tert-OH is 1. The summed E-state index contributed by atoms with van der Waals surface area (Å²) in [5.74, 6) is 0. The van der Waals surface area contributed by atoms with E-state index >= 15 is 0 Å². The topological polar surface area (TPSA) is 46.0 Å². The van der Waals surface area contributed by atoms with E-state index in [0.717, 1.165) is 10.7 Å². The molecule has 2 rings (SSSR count). The lowest BCUT2D eigenvalue weighted by Gasteiger charge is -2.07. The van der Waals surface area contributed by atoms with Crippen LogP contribution in [0.3, 0.4) is 0 Å². The zero-order valence-electron chi connectivity index (χ0n) is 8.65. The lowest BCUT2D eigenvalue weighted by atomic mass is 10.2. The van der Waals surface area contributed by atoms with Gasteiger partial charge in [0.2, 0.25) is 0 Å². The van der Waals surface area contributed by atoms with E-state index < -0.39 is 17.3 Å². The third kappa shape index (κ3) is 2.88. The molecule has 0 radical (unpaired) electrons. The highest BCUT2D eigenvalue weighted by Gasteiger charge is 2.35. The zero-order chi connectivity index (χ0) is 13.3. The third-order valence-corrected chi connectivity index (χ3v) is 3.63. The number of rotatable bonds is 2. The number of halogens is 4. The Hall–Kier alpha value is -0.990. The van der Waals surface area contributed by atoms with Crippen molar-refractivity contribution in [2.24, 2.45) is 0 Å². The average molecular weight is 339 g/mol. The minimum Gasteiger partial charge on any atom is -0.381 e. The van der Waals surface area contributed by atoms with Crippen LogP contribution in [0.25, 0.3) is 0 Å². The number of thiazole rings is 1. The van der Waals surface area contributed by atoms with E-state index in [2.05, 4.69) is 25.9 Å². The minimum absolute atomic E-state index is 0.108. The van der Waals surface area contributed by atoms with Crippen molar-refractivity contribution in [2.75, 3.05) is 0 Å². The Morgan fingerprint density at radius 3 is 2.44 bits per heavy atom. The Labute approximate surface area is 112 Å². The summed E-state index contributed by atoms with van der Waals surface area (Å²) in [6.07, 6.45) is -3.21. The molecule has 0 spiro atoms. The summed E-state index contributed by atoms with van der Waals surface area (Å²) < 4.78 is 37.8. The summed E-state index contributed by atoms with van der Waals surface area (Å²) in [7, 11) is 0. The first-order valence-corrected chi connectivity index (χ1v) is 6.31. The van der Waals surface area contributed by atoms with Crippen LogP contribution in [0.1, 0.15) is 21.7 Å². The first-order chi connectivity index (χ1) is 8.38. The fraction of sp³-hybridized carbons (Fsp3) is 0.200. The Kier molecular flexibility index (Phi) is 3.69. The molecule has 0 aliphatic carbocycles. The van der Waals surface area contributed by atoms with Gasteiger partial charge in [0.05, 0.1) is 10.6 Å². The van der Waals surface area contributed by atoms with E-state index in [-0.39, 0.29) is 10.6 Å². The summed E-state index contributed by atoms with van der Waals surface area (Å²) in [5.41, 5.74) is 0.274. The zero-order valence-corrected chi connectivity index (χ0v) is 11.1. The Bertz CT molecular complexity index is 541. The first kappa shape index (κ1) is 13.4. The highest BCUT2D eigenvalue weighted by atomic mass is 79.9. The van der Waals surface area contributed by atoms with Crippen molar-refractivity contribution in [1.82, 2.24) is 9.97 Å². The molecule has 0 amide bonds. The molecule has 0 aliphatic rings. The van der Waals surface area contributed by atoms with Crippen LogP contribution in [0.15, 0.2) is 29.0 Å². The minimum atomic E-state index is -4.49. The summed E-state index contributed by atoms with van der Waals surface area (Å²) in [6, 6.07) is 3.18. The van der Waals surface area contributed by atoms with Gasteiger partial charge >= 0.3 is 6.18 Å². The molecule has 0 fully saturated rings.